The highest BCUT2D eigenvalue weighted by Crippen LogP contribution is 2.32. The van der Waals surface area contributed by atoms with Crippen molar-refractivity contribution in [2.45, 2.75) is 38.0 Å². The normalized spacial score (nSPS) is 21.2. The summed E-state index contributed by atoms with van der Waals surface area (Å²) in [6, 6.07) is 12.6. The number of anilines is 1. The first-order chi connectivity index (χ1) is 14.8. The van der Waals surface area contributed by atoms with E-state index in [1.54, 1.807) is 0 Å². The molecule has 4 rings (SSSR count). The number of ether oxygens (including phenoxy) is 1. The number of alkyl halides is 3. The quantitative estimate of drug-likeness (QED) is 0.737. The highest BCUT2D eigenvalue weighted by Gasteiger charge is 2.38. The summed E-state index contributed by atoms with van der Waals surface area (Å²) >= 11 is 0. The summed E-state index contributed by atoms with van der Waals surface area (Å²) in [5.74, 6) is -0.606. The lowest BCUT2D eigenvalue weighted by Gasteiger charge is -2.38. The minimum atomic E-state index is -5.08. The molecule has 2 atom stereocenters. The molecule has 1 aliphatic carbocycles. The number of aliphatic carboxylic acids is 1. The van der Waals surface area contributed by atoms with E-state index in [2.05, 4.69) is 45.2 Å². The largest absolute Gasteiger partial charge is 0.490 e. The van der Waals surface area contributed by atoms with Gasteiger partial charge in [0.1, 0.15) is 0 Å². The third-order valence-electron chi connectivity index (χ3n) is 5.33. The van der Waals surface area contributed by atoms with Gasteiger partial charge in [-0.15, -0.1) is 0 Å². The summed E-state index contributed by atoms with van der Waals surface area (Å²) in [6.07, 6.45) is 3.72. The topological polar surface area (TPSA) is 75.5 Å². The van der Waals surface area contributed by atoms with Gasteiger partial charge in [-0.1, -0.05) is 30.3 Å². The second-order valence-corrected chi connectivity index (χ2v) is 7.85. The molecule has 0 radical (unpaired) electrons. The molecule has 1 N–H and O–H groups in total. The summed E-state index contributed by atoms with van der Waals surface area (Å²) in [5.41, 5.74) is 1.39. The molecule has 9 heteroatoms. The predicted octanol–water partition coefficient (Wildman–Crippen LogP) is 3.97. The SMILES string of the molecule is O=C(O)C(F)(F)F.c1ccc(C[C@H]2CN(c3ncccn3)CC[C@@H]2OCC2CC2)cc1. The lowest BCUT2D eigenvalue weighted by atomic mass is 9.88. The Balaban J connectivity index is 0.000000339. The van der Waals surface area contributed by atoms with Crippen molar-refractivity contribution in [3.63, 3.8) is 0 Å². The van der Waals surface area contributed by atoms with Gasteiger partial charge in [-0.3, -0.25) is 0 Å². The van der Waals surface area contributed by atoms with E-state index in [0.717, 1.165) is 44.4 Å². The van der Waals surface area contributed by atoms with Gasteiger partial charge >= 0.3 is 12.1 Å². The van der Waals surface area contributed by atoms with Gasteiger partial charge in [0.2, 0.25) is 5.95 Å². The first-order valence-corrected chi connectivity index (χ1v) is 10.3. The molecule has 2 fully saturated rings. The number of hydrogen-bond donors (Lipinski definition) is 1. The molecule has 1 aliphatic heterocycles. The van der Waals surface area contributed by atoms with Crippen LogP contribution in [-0.4, -0.2) is 53.0 Å². The van der Waals surface area contributed by atoms with Crippen LogP contribution in [0.2, 0.25) is 0 Å². The van der Waals surface area contributed by atoms with Gasteiger partial charge < -0.3 is 14.7 Å². The number of carboxylic acid groups (broad SMARTS) is 1. The summed E-state index contributed by atoms with van der Waals surface area (Å²) < 4.78 is 38.0. The Morgan fingerprint density at radius 1 is 1.10 bits per heavy atom. The maximum Gasteiger partial charge on any atom is 0.490 e. The molecule has 0 amide bonds. The molecule has 1 saturated carbocycles. The smallest absolute Gasteiger partial charge is 0.475 e. The number of aromatic nitrogens is 2. The number of carbonyl (C=O) groups is 1. The summed E-state index contributed by atoms with van der Waals surface area (Å²) in [6.45, 7) is 2.89. The zero-order chi connectivity index (χ0) is 22.3. The van der Waals surface area contributed by atoms with Gasteiger partial charge in [0.15, 0.2) is 0 Å². The Hall–Kier alpha value is -2.68. The number of nitrogens with zero attached hydrogens (tertiary/aromatic N) is 3. The van der Waals surface area contributed by atoms with Gasteiger partial charge in [-0.05, 0) is 43.2 Å². The third-order valence-corrected chi connectivity index (χ3v) is 5.33. The molecule has 2 heterocycles. The highest BCUT2D eigenvalue weighted by atomic mass is 19.4. The molecule has 1 aromatic carbocycles. The van der Waals surface area contributed by atoms with Crippen molar-refractivity contribution < 1.29 is 27.8 Å². The van der Waals surface area contributed by atoms with E-state index in [-0.39, 0.29) is 0 Å². The van der Waals surface area contributed by atoms with Crippen LogP contribution in [0.1, 0.15) is 24.8 Å². The number of carboxylic acids is 1. The average molecular weight is 437 g/mol. The maximum absolute atomic E-state index is 10.6. The van der Waals surface area contributed by atoms with Gasteiger partial charge in [0.05, 0.1) is 6.10 Å². The van der Waals surface area contributed by atoms with E-state index < -0.39 is 12.1 Å². The maximum atomic E-state index is 10.6. The molecule has 2 aromatic rings. The molecule has 0 unspecified atom stereocenters. The number of piperidine rings is 1. The van der Waals surface area contributed by atoms with Gasteiger partial charge in [0, 0.05) is 38.0 Å². The molecule has 6 nitrogen and oxygen atoms in total. The van der Waals surface area contributed by atoms with Crippen molar-refractivity contribution in [2.24, 2.45) is 11.8 Å². The van der Waals surface area contributed by atoms with Crippen molar-refractivity contribution in [3.8, 4) is 0 Å². The molecular weight excluding hydrogens is 411 g/mol. The lowest BCUT2D eigenvalue weighted by molar-refractivity contribution is -0.192. The van der Waals surface area contributed by atoms with E-state index in [1.165, 1.54) is 18.4 Å². The number of rotatable bonds is 6. The van der Waals surface area contributed by atoms with Crippen LogP contribution in [0.4, 0.5) is 19.1 Å². The molecule has 0 bridgehead atoms. The summed E-state index contributed by atoms with van der Waals surface area (Å²) in [4.78, 5) is 20.1. The van der Waals surface area contributed by atoms with Gasteiger partial charge in [-0.2, -0.15) is 13.2 Å². The summed E-state index contributed by atoms with van der Waals surface area (Å²) in [5, 5.41) is 7.12. The molecular formula is C22H26F3N3O3. The first kappa shape index (κ1) is 23.0. The minimum Gasteiger partial charge on any atom is -0.475 e. The monoisotopic (exact) mass is 437 g/mol. The van der Waals surface area contributed by atoms with E-state index >= 15 is 0 Å². The third kappa shape index (κ3) is 7.50. The second-order valence-electron chi connectivity index (χ2n) is 7.85. The van der Waals surface area contributed by atoms with Crippen LogP contribution in [-0.2, 0) is 16.0 Å². The molecule has 168 valence electrons. The molecule has 1 aromatic heterocycles. The van der Waals surface area contributed by atoms with Gasteiger partial charge in [-0.25, -0.2) is 14.8 Å². The van der Waals surface area contributed by atoms with Crippen molar-refractivity contribution >= 4 is 11.9 Å². The molecule has 1 saturated heterocycles. The Morgan fingerprint density at radius 2 is 1.74 bits per heavy atom. The number of halogens is 3. The fraction of sp³-hybridized carbons (Fsp3) is 0.500. The standard InChI is InChI=1S/C20H25N3O.C2HF3O2/c1-2-5-16(6-3-1)13-18-14-23(20-21-10-4-11-22-20)12-9-19(18)24-15-17-7-8-17;3-2(4,5)1(6)7/h1-6,10-11,17-19H,7-9,12-15H2;(H,6,7)/t18-,19-;/m0./s1. The van der Waals surface area contributed by atoms with E-state index in [4.69, 9.17) is 14.6 Å². The number of benzene rings is 1. The van der Waals surface area contributed by atoms with E-state index in [9.17, 15) is 13.2 Å². The highest BCUT2D eigenvalue weighted by molar-refractivity contribution is 5.73. The zero-order valence-corrected chi connectivity index (χ0v) is 17.0. The van der Waals surface area contributed by atoms with Crippen molar-refractivity contribution in [1.82, 2.24) is 9.97 Å². The van der Waals surface area contributed by atoms with Crippen LogP contribution in [0.15, 0.2) is 48.8 Å². The van der Waals surface area contributed by atoms with Crippen LogP contribution < -0.4 is 4.90 Å². The van der Waals surface area contributed by atoms with Crippen molar-refractivity contribution in [1.29, 1.82) is 0 Å². The first-order valence-electron chi connectivity index (χ1n) is 10.3. The van der Waals surface area contributed by atoms with Crippen LogP contribution in [0.3, 0.4) is 0 Å². The minimum absolute atomic E-state index is 0.353. The summed E-state index contributed by atoms with van der Waals surface area (Å²) in [7, 11) is 0. The van der Waals surface area contributed by atoms with Gasteiger partial charge in [0.25, 0.3) is 0 Å². The molecule has 0 spiro atoms. The molecule has 2 aliphatic rings. The van der Waals surface area contributed by atoms with Crippen molar-refractivity contribution in [3.05, 3.63) is 54.4 Å². The lowest BCUT2D eigenvalue weighted by Crippen LogP contribution is -2.46. The fourth-order valence-corrected chi connectivity index (χ4v) is 3.52. The Bertz CT molecular complexity index is 817. The average Bonchev–Trinajstić information content (AvgIpc) is 3.58. The number of hydrogen-bond acceptors (Lipinski definition) is 5. The van der Waals surface area contributed by atoms with Crippen LogP contribution in [0, 0.1) is 11.8 Å². The fourth-order valence-electron chi connectivity index (χ4n) is 3.52. The van der Waals surface area contributed by atoms with Crippen LogP contribution in [0.25, 0.3) is 0 Å². The Morgan fingerprint density at radius 3 is 2.32 bits per heavy atom. The Labute approximate surface area is 179 Å². The Kier molecular flexibility index (Phi) is 7.84. The predicted molar refractivity (Wildman–Crippen MR) is 109 cm³/mol. The van der Waals surface area contributed by atoms with Crippen LogP contribution >= 0.6 is 0 Å². The van der Waals surface area contributed by atoms with E-state index in [0.29, 0.717) is 12.0 Å². The molecule has 31 heavy (non-hydrogen) atoms. The van der Waals surface area contributed by atoms with E-state index in [1.807, 2.05) is 18.5 Å². The van der Waals surface area contributed by atoms with Crippen LogP contribution in [0.5, 0.6) is 0 Å². The second kappa shape index (κ2) is 10.6. The zero-order valence-electron chi connectivity index (χ0n) is 17.0. The van der Waals surface area contributed by atoms with Crippen molar-refractivity contribution in [2.75, 3.05) is 24.6 Å².